The highest BCUT2D eigenvalue weighted by molar-refractivity contribution is 4.67. The predicted octanol–water partition coefficient (Wildman–Crippen LogP) is 3.49. The molecule has 0 bridgehead atoms. The summed E-state index contributed by atoms with van der Waals surface area (Å²) >= 11 is 0. The third kappa shape index (κ3) is 15.3. The maximum Gasteiger partial charge on any atom is 0.154 e. The van der Waals surface area contributed by atoms with Gasteiger partial charge in [0.05, 0.1) is 13.2 Å². The highest BCUT2D eigenvalue weighted by Gasteiger charge is 2.23. The van der Waals surface area contributed by atoms with Gasteiger partial charge in [0.25, 0.3) is 0 Å². The number of rotatable bonds is 18. The minimum atomic E-state index is -1.13. The van der Waals surface area contributed by atoms with Crippen LogP contribution in [0, 0.1) is 0 Å². The van der Waals surface area contributed by atoms with Gasteiger partial charge >= 0.3 is 0 Å². The molecular formula is C19H38O5. The standard InChI is InChI=1S/C19H38O5/c20-18(21)13-11-9-7-5-3-1-2-4-6-8-10-12-14-19(22)24-16-17-15-23-17/h17-22H,1-16H2. The molecule has 0 aliphatic carbocycles. The van der Waals surface area contributed by atoms with Crippen LogP contribution in [0.25, 0.3) is 0 Å². The van der Waals surface area contributed by atoms with Crippen molar-refractivity contribution in [2.75, 3.05) is 13.2 Å². The van der Waals surface area contributed by atoms with Gasteiger partial charge in [-0.25, -0.2) is 0 Å². The van der Waals surface area contributed by atoms with Crippen LogP contribution in [0.3, 0.4) is 0 Å². The maximum atomic E-state index is 9.63. The molecule has 5 nitrogen and oxygen atoms in total. The van der Waals surface area contributed by atoms with E-state index in [1.807, 2.05) is 0 Å². The molecule has 1 aliphatic heterocycles. The summed E-state index contributed by atoms with van der Waals surface area (Å²) in [6.45, 7) is 1.31. The lowest BCUT2D eigenvalue weighted by Crippen LogP contribution is -2.15. The Hall–Kier alpha value is -0.200. The molecule has 3 N–H and O–H groups in total. The summed E-state index contributed by atoms with van der Waals surface area (Å²) in [4.78, 5) is 0. The number of unbranched alkanes of at least 4 members (excludes halogenated alkanes) is 11. The molecule has 1 fully saturated rings. The molecule has 0 spiro atoms. The molecular weight excluding hydrogens is 308 g/mol. The van der Waals surface area contributed by atoms with E-state index in [1.54, 1.807) is 0 Å². The van der Waals surface area contributed by atoms with Gasteiger partial charge < -0.3 is 24.8 Å². The fourth-order valence-electron chi connectivity index (χ4n) is 2.88. The first-order valence-electron chi connectivity index (χ1n) is 9.96. The molecule has 0 radical (unpaired) electrons. The monoisotopic (exact) mass is 346 g/mol. The summed E-state index contributed by atoms with van der Waals surface area (Å²) in [5.74, 6) is 0. The van der Waals surface area contributed by atoms with Gasteiger partial charge in [0.1, 0.15) is 6.10 Å². The van der Waals surface area contributed by atoms with E-state index in [4.69, 9.17) is 19.7 Å². The van der Waals surface area contributed by atoms with Crippen LogP contribution in [0.15, 0.2) is 0 Å². The molecule has 24 heavy (non-hydrogen) atoms. The lowest BCUT2D eigenvalue weighted by Gasteiger charge is -2.10. The van der Waals surface area contributed by atoms with E-state index >= 15 is 0 Å². The Morgan fingerprint density at radius 2 is 1.12 bits per heavy atom. The van der Waals surface area contributed by atoms with Crippen molar-refractivity contribution in [3.63, 3.8) is 0 Å². The van der Waals surface area contributed by atoms with Gasteiger partial charge in [0.2, 0.25) is 0 Å². The Morgan fingerprint density at radius 3 is 1.54 bits per heavy atom. The molecule has 0 aromatic rings. The molecule has 5 heteroatoms. The summed E-state index contributed by atoms with van der Waals surface area (Å²) in [7, 11) is 0. The SMILES string of the molecule is OC(O)CCCCCCCCCCCCCCC(O)OCC1CO1. The maximum absolute atomic E-state index is 9.63. The summed E-state index contributed by atoms with van der Waals surface area (Å²) in [5, 5.41) is 27.1. The average Bonchev–Trinajstić information content (AvgIpc) is 3.37. The zero-order chi connectivity index (χ0) is 17.5. The first kappa shape index (κ1) is 21.8. The average molecular weight is 347 g/mol. The zero-order valence-corrected chi connectivity index (χ0v) is 15.2. The predicted molar refractivity (Wildman–Crippen MR) is 94.6 cm³/mol. The molecule has 1 rings (SSSR count). The van der Waals surface area contributed by atoms with Gasteiger partial charge in [0.15, 0.2) is 12.6 Å². The van der Waals surface area contributed by atoms with E-state index in [2.05, 4.69) is 0 Å². The second-order valence-corrected chi connectivity index (χ2v) is 7.04. The summed E-state index contributed by atoms with van der Waals surface area (Å²) in [5.41, 5.74) is 0. The molecule has 0 aromatic carbocycles. The molecule has 2 unspecified atom stereocenters. The number of epoxide rings is 1. The van der Waals surface area contributed by atoms with Crippen LogP contribution in [0.2, 0.25) is 0 Å². The molecule has 0 amide bonds. The van der Waals surface area contributed by atoms with Crippen LogP contribution in [0.5, 0.6) is 0 Å². The Kier molecular flexibility index (Phi) is 13.7. The van der Waals surface area contributed by atoms with Crippen LogP contribution >= 0.6 is 0 Å². The van der Waals surface area contributed by atoms with E-state index in [0.717, 1.165) is 32.3 Å². The minimum Gasteiger partial charge on any atom is -0.371 e. The molecule has 2 atom stereocenters. The van der Waals surface area contributed by atoms with Crippen LogP contribution < -0.4 is 0 Å². The third-order valence-electron chi connectivity index (χ3n) is 4.54. The first-order chi connectivity index (χ1) is 11.7. The fourth-order valence-corrected chi connectivity index (χ4v) is 2.88. The van der Waals surface area contributed by atoms with Gasteiger partial charge in [-0.3, -0.25) is 0 Å². The van der Waals surface area contributed by atoms with Crippen LogP contribution in [0.4, 0.5) is 0 Å². The van der Waals surface area contributed by atoms with Gasteiger partial charge in [-0.1, -0.05) is 64.2 Å². The van der Waals surface area contributed by atoms with Crippen molar-refractivity contribution in [3.8, 4) is 0 Å². The van der Waals surface area contributed by atoms with E-state index in [0.29, 0.717) is 13.0 Å². The molecule has 1 saturated heterocycles. The molecule has 1 heterocycles. The van der Waals surface area contributed by atoms with E-state index < -0.39 is 12.6 Å². The molecule has 144 valence electrons. The van der Waals surface area contributed by atoms with Crippen molar-refractivity contribution < 1.29 is 24.8 Å². The van der Waals surface area contributed by atoms with Crippen molar-refractivity contribution in [2.45, 2.75) is 109 Å². The topological polar surface area (TPSA) is 82.5 Å². The Balaban J connectivity index is 1.67. The third-order valence-corrected chi connectivity index (χ3v) is 4.54. The smallest absolute Gasteiger partial charge is 0.154 e. The van der Waals surface area contributed by atoms with Crippen LogP contribution in [0.1, 0.15) is 89.9 Å². The lowest BCUT2D eigenvalue weighted by molar-refractivity contribution is -0.107. The number of hydrogen-bond donors (Lipinski definition) is 3. The first-order valence-corrected chi connectivity index (χ1v) is 9.96. The normalized spacial score (nSPS) is 18.2. The second-order valence-electron chi connectivity index (χ2n) is 7.04. The summed E-state index contributed by atoms with van der Waals surface area (Å²) < 4.78 is 10.3. The van der Waals surface area contributed by atoms with Gasteiger partial charge in [-0.2, -0.15) is 0 Å². The quantitative estimate of drug-likeness (QED) is 0.201. The Morgan fingerprint density at radius 1 is 0.708 bits per heavy atom. The van der Waals surface area contributed by atoms with E-state index in [9.17, 15) is 5.11 Å². The van der Waals surface area contributed by atoms with Crippen molar-refractivity contribution in [1.82, 2.24) is 0 Å². The minimum absolute atomic E-state index is 0.230. The Labute approximate surface area is 147 Å². The van der Waals surface area contributed by atoms with Crippen molar-refractivity contribution in [2.24, 2.45) is 0 Å². The van der Waals surface area contributed by atoms with Gasteiger partial charge in [-0.15, -0.1) is 0 Å². The highest BCUT2D eigenvalue weighted by atomic mass is 16.6. The molecule has 0 saturated carbocycles. The van der Waals surface area contributed by atoms with Crippen molar-refractivity contribution in [1.29, 1.82) is 0 Å². The van der Waals surface area contributed by atoms with Gasteiger partial charge in [0, 0.05) is 0 Å². The van der Waals surface area contributed by atoms with E-state index in [-0.39, 0.29) is 6.10 Å². The van der Waals surface area contributed by atoms with Crippen LogP contribution in [-0.2, 0) is 9.47 Å². The summed E-state index contributed by atoms with van der Waals surface area (Å²) in [6.07, 6.45) is 14.3. The number of ether oxygens (including phenoxy) is 2. The second kappa shape index (κ2) is 15.1. The van der Waals surface area contributed by atoms with Crippen LogP contribution in [-0.4, -0.2) is 47.2 Å². The lowest BCUT2D eigenvalue weighted by atomic mass is 10.0. The molecule has 0 aromatic heterocycles. The number of aliphatic hydroxyl groups is 3. The highest BCUT2D eigenvalue weighted by Crippen LogP contribution is 2.15. The number of hydrogen-bond acceptors (Lipinski definition) is 5. The van der Waals surface area contributed by atoms with Crippen molar-refractivity contribution >= 4 is 0 Å². The number of aliphatic hydroxyl groups excluding tert-OH is 2. The van der Waals surface area contributed by atoms with Crippen molar-refractivity contribution in [3.05, 3.63) is 0 Å². The summed E-state index contributed by atoms with van der Waals surface area (Å²) in [6, 6.07) is 0. The molecule has 1 aliphatic rings. The Bertz CT molecular complexity index is 268. The van der Waals surface area contributed by atoms with E-state index in [1.165, 1.54) is 57.8 Å². The zero-order valence-electron chi connectivity index (χ0n) is 15.2. The fraction of sp³-hybridized carbons (Fsp3) is 1.00. The van der Waals surface area contributed by atoms with Gasteiger partial charge in [-0.05, 0) is 25.7 Å². The largest absolute Gasteiger partial charge is 0.371 e.